The summed E-state index contributed by atoms with van der Waals surface area (Å²) in [6, 6.07) is 0. The summed E-state index contributed by atoms with van der Waals surface area (Å²) in [6.07, 6.45) is -11.1. The van der Waals surface area contributed by atoms with Crippen molar-refractivity contribution in [3.05, 3.63) is 0 Å². The topological polar surface area (TPSA) is 183 Å². The zero-order valence-corrected chi connectivity index (χ0v) is 14.2. The molecule has 0 amide bonds. The molecule has 1 saturated carbocycles. The van der Waals surface area contributed by atoms with Gasteiger partial charge in [0.1, 0.15) is 36.6 Å². The quantitative estimate of drug-likeness (QED) is 0.175. The summed E-state index contributed by atoms with van der Waals surface area (Å²) in [5, 5.41) is 39.0. The molecule has 1 aliphatic carbocycles. The van der Waals surface area contributed by atoms with E-state index in [2.05, 4.69) is 4.52 Å². The lowest BCUT2D eigenvalue weighted by molar-refractivity contribution is -0.248. The lowest BCUT2D eigenvalue weighted by atomic mass is 9.85. The molecule has 6 atom stereocenters. The second-order valence-corrected chi connectivity index (χ2v) is 7.65. The van der Waals surface area contributed by atoms with Crippen LogP contribution < -0.4 is 0 Å². The number of aliphatic hydroxyl groups is 4. The number of phosphoric acid groups is 1. The van der Waals surface area contributed by atoms with Gasteiger partial charge in [0.05, 0.1) is 5.41 Å². The van der Waals surface area contributed by atoms with Gasteiger partial charge in [-0.05, 0) is 20.8 Å². The second-order valence-electron chi connectivity index (χ2n) is 6.45. The largest absolute Gasteiger partial charge is 0.470 e. The van der Waals surface area contributed by atoms with Gasteiger partial charge in [-0.2, -0.15) is 0 Å². The van der Waals surface area contributed by atoms with E-state index in [4.69, 9.17) is 19.3 Å². The van der Waals surface area contributed by atoms with Crippen LogP contribution in [0.25, 0.3) is 0 Å². The summed E-state index contributed by atoms with van der Waals surface area (Å²) < 4.78 is 25.1. The lowest BCUT2D eigenvalue weighted by Gasteiger charge is -2.43. The molecule has 0 radical (unpaired) electrons. The van der Waals surface area contributed by atoms with Crippen molar-refractivity contribution in [1.82, 2.24) is 0 Å². The predicted octanol–water partition coefficient (Wildman–Crippen LogP) is -2.15. The number of hydrogen-bond acceptors (Lipinski definition) is 9. The van der Waals surface area contributed by atoms with Gasteiger partial charge in [0.25, 0.3) is 0 Å². The summed E-state index contributed by atoms with van der Waals surface area (Å²) in [5.74, 6) is -0.651. The summed E-state index contributed by atoms with van der Waals surface area (Å²) in [4.78, 5) is 29.4. The van der Waals surface area contributed by atoms with Crippen LogP contribution in [0.2, 0.25) is 0 Å². The van der Waals surface area contributed by atoms with E-state index in [1.54, 1.807) is 20.8 Å². The second kappa shape index (κ2) is 7.73. The fraction of sp³-hybridized carbons (Fsp3) is 0.917. The average Bonchev–Trinajstić information content (AvgIpc) is 2.43. The molecule has 1 rings (SSSR count). The minimum Gasteiger partial charge on any atom is -0.438 e. The van der Waals surface area contributed by atoms with E-state index in [0.717, 1.165) is 0 Å². The van der Waals surface area contributed by atoms with Crippen molar-refractivity contribution in [1.29, 1.82) is 0 Å². The van der Waals surface area contributed by atoms with Gasteiger partial charge in [0, 0.05) is 0 Å². The molecule has 0 heterocycles. The highest BCUT2D eigenvalue weighted by atomic mass is 31.2. The smallest absolute Gasteiger partial charge is 0.438 e. The maximum absolute atomic E-state index is 11.6. The van der Waals surface area contributed by atoms with Crippen LogP contribution in [0, 0.1) is 5.41 Å². The molecule has 0 saturated heterocycles. The first-order chi connectivity index (χ1) is 10.8. The van der Waals surface area contributed by atoms with Crippen molar-refractivity contribution in [3.8, 4) is 0 Å². The molecule has 1 aliphatic rings. The maximum Gasteiger partial charge on any atom is 0.470 e. The molecule has 0 aromatic carbocycles. The number of ether oxygens (including phenoxy) is 2. The van der Waals surface area contributed by atoms with E-state index in [-0.39, 0.29) is 0 Å². The highest BCUT2D eigenvalue weighted by Crippen LogP contribution is 2.42. The molecule has 0 spiro atoms. The number of phosphoric ester groups is 1. The Bertz CT molecular complexity index is 484. The fourth-order valence-electron chi connectivity index (χ4n) is 2.04. The number of aliphatic hydroxyl groups excluding tert-OH is 4. The number of carbonyl (C=O) groups is 1. The standard InChI is InChI=1S/C12H23O11P/c1-12(2,3)11(17)22-4-21-9-7(15)5(13)6(14)8(16)10(9)23-24(18,19)20/h5-10,13-16H,4H2,1-3H3,(H2,18,19,20). The van der Waals surface area contributed by atoms with Gasteiger partial charge in [-0.15, -0.1) is 0 Å². The SMILES string of the molecule is CC(C)(C)C(=O)OCOC1C(O)C(O)C(O)C(O)C1OP(=O)(O)O. The first-order valence-electron chi connectivity index (χ1n) is 7.00. The molecule has 0 aromatic rings. The molecule has 0 aromatic heterocycles. The monoisotopic (exact) mass is 374 g/mol. The maximum atomic E-state index is 11.6. The summed E-state index contributed by atoms with van der Waals surface area (Å²) in [5.41, 5.74) is -0.842. The molecular formula is C12H23O11P. The minimum atomic E-state index is -5.11. The van der Waals surface area contributed by atoms with Gasteiger partial charge in [-0.25, -0.2) is 4.57 Å². The Balaban J connectivity index is 2.84. The number of esters is 1. The van der Waals surface area contributed by atoms with Gasteiger partial charge < -0.3 is 39.7 Å². The van der Waals surface area contributed by atoms with Crippen molar-refractivity contribution < 1.29 is 53.6 Å². The summed E-state index contributed by atoms with van der Waals surface area (Å²) in [7, 11) is -5.11. The fourth-order valence-corrected chi connectivity index (χ4v) is 2.60. The van der Waals surface area contributed by atoms with Crippen LogP contribution in [0.4, 0.5) is 0 Å². The van der Waals surface area contributed by atoms with Gasteiger partial charge in [-0.1, -0.05) is 0 Å². The van der Waals surface area contributed by atoms with Crippen LogP contribution in [0.5, 0.6) is 0 Å². The summed E-state index contributed by atoms with van der Waals surface area (Å²) in [6.45, 7) is 4.01. The third-order valence-electron chi connectivity index (χ3n) is 3.37. The number of hydrogen-bond donors (Lipinski definition) is 6. The zero-order chi connectivity index (χ0) is 18.9. The van der Waals surface area contributed by atoms with Crippen LogP contribution in [-0.4, -0.2) is 79.6 Å². The van der Waals surface area contributed by atoms with E-state index < -0.39 is 62.6 Å². The Morgan fingerprint density at radius 2 is 1.42 bits per heavy atom. The van der Waals surface area contributed by atoms with Crippen molar-refractivity contribution >= 4 is 13.8 Å². The Kier molecular flexibility index (Phi) is 6.90. The first kappa shape index (κ1) is 21.4. The zero-order valence-electron chi connectivity index (χ0n) is 13.3. The van der Waals surface area contributed by atoms with Crippen LogP contribution in [0.3, 0.4) is 0 Å². The average molecular weight is 374 g/mol. The van der Waals surface area contributed by atoms with E-state index in [0.29, 0.717) is 0 Å². The molecule has 6 unspecified atom stereocenters. The van der Waals surface area contributed by atoms with Gasteiger partial charge in [0.2, 0.25) is 0 Å². The number of rotatable bonds is 5. The normalized spacial score (nSPS) is 34.9. The van der Waals surface area contributed by atoms with Gasteiger partial charge in [0.15, 0.2) is 6.79 Å². The number of carbonyl (C=O) groups excluding carboxylic acids is 1. The molecule has 11 nitrogen and oxygen atoms in total. The Morgan fingerprint density at radius 3 is 1.83 bits per heavy atom. The van der Waals surface area contributed by atoms with Crippen molar-refractivity contribution in [2.45, 2.75) is 57.4 Å². The third-order valence-corrected chi connectivity index (χ3v) is 3.89. The van der Waals surface area contributed by atoms with Crippen LogP contribution >= 0.6 is 7.82 Å². The van der Waals surface area contributed by atoms with E-state index in [1.165, 1.54) is 0 Å². The molecule has 6 N–H and O–H groups in total. The molecule has 1 fully saturated rings. The summed E-state index contributed by atoms with van der Waals surface area (Å²) >= 11 is 0. The predicted molar refractivity (Wildman–Crippen MR) is 76.2 cm³/mol. The molecule has 0 aliphatic heterocycles. The van der Waals surface area contributed by atoms with Crippen molar-refractivity contribution in [2.24, 2.45) is 5.41 Å². The van der Waals surface area contributed by atoms with Crippen molar-refractivity contribution in [2.75, 3.05) is 6.79 Å². The molecule has 0 bridgehead atoms. The minimum absolute atomic E-state index is 0.651. The molecular weight excluding hydrogens is 351 g/mol. The van der Waals surface area contributed by atoms with Crippen molar-refractivity contribution in [3.63, 3.8) is 0 Å². The van der Waals surface area contributed by atoms with E-state index in [9.17, 15) is 29.8 Å². The molecule has 12 heteroatoms. The van der Waals surface area contributed by atoms with E-state index >= 15 is 0 Å². The molecule has 24 heavy (non-hydrogen) atoms. The molecule has 142 valence electrons. The van der Waals surface area contributed by atoms with E-state index in [1.807, 2.05) is 0 Å². The first-order valence-corrected chi connectivity index (χ1v) is 8.54. The Hall–Kier alpha value is -0.620. The van der Waals surface area contributed by atoms with Crippen LogP contribution in [-0.2, 0) is 23.4 Å². The van der Waals surface area contributed by atoms with Gasteiger partial charge >= 0.3 is 13.8 Å². The lowest BCUT2D eigenvalue weighted by Crippen LogP contribution is -2.64. The highest BCUT2D eigenvalue weighted by Gasteiger charge is 2.52. The van der Waals surface area contributed by atoms with Crippen LogP contribution in [0.1, 0.15) is 20.8 Å². The van der Waals surface area contributed by atoms with Gasteiger partial charge in [-0.3, -0.25) is 9.32 Å². The highest BCUT2D eigenvalue weighted by molar-refractivity contribution is 7.46. The van der Waals surface area contributed by atoms with Crippen LogP contribution in [0.15, 0.2) is 0 Å². The Labute approximate surface area is 138 Å². The third kappa shape index (κ3) is 5.45. The Morgan fingerprint density at radius 1 is 0.958 bits per heavy atom.